The molecule has 20 heavy (non-hydrogen) atoms. The number of aryl methyl sites for hydroxylation is 1. The molecule has 1 aromatic carbocycles. The summed E-state index contributed by atoms with van der Waals surface area (Å²) in [4.78, 5) is 12.5. The van der Waals surface area contributed by atoms with Gasteiger partial charge in [-0.15, -0.1) is 0 Å². The number of halogens is 1. The van der Waals surface area contributed by atoms with Crippen LogP contribution >= 0.6 is 15.9 Å². The molecule has 0 saturated heterocycles. The molecule has 108 valence electrons. The smallest absolute Gasteiger partial charge is 0.238 e. The fraction of sp³-hybridized carbons (Fsp3) is 0.429. The number of hydrogen-bond acceptors (Lipinski definition) is 3. The molecule has 1 fully saturated rings. The lowest BCUT2D eigenvalue weighted by Gasteiger charge is -2.38. The number of anilines is 1. The van der Waals surface area contributed by atoms with Crippen molar-refractivity contribution in [2.24, 2.45) is 16.3 Å². The summed E-state index contributed by atoms with van der Waals surface area (Å²) in [5, 5.41) is 14.8. The standard InChI is InChI=1S/C14H18BrN3O2/c1-2-9-8-10(15)4-5-11(9)17-13(19)14(6-3-7-14)12(16)18-20/h4-5,8,20H,2-3,6-7H2,1H3,(H2,16,18)(H,17,19). The number of carbonyl (C=O) groups excluding carboxylic acids is 1. The van der Waals surface area contributed by atoms with Crippen LogP contribution in [0.15, 0.2) is 27.8 Å². The van der Waals surface area contributed by atoms with Gasteiger partial charge in [-0.1, -0.05) is 34.4 Å². The first-order valence-electron chi connectivity index (χ1n) is 6.61. The van der Waals surface area contributed by atoms with Crippen molar-refractivity contribution in [2.45, 2.75) is 32.6 Å². The predicted octanol–water partition coefficient (Wildman–Crippen LogP) is 2.87. The highest BCUT2D eigenvalue weighted by atomic mass is 79.9. The number of rotatable bonds is 4. The zero-order valence-electron chi connectivity index (χ0n) is 11.3. The van der Waals surface area contributed by atoms with Crippen LogP contribution in [-0.4, -0.2) is 17.0 Å². The molecule has 0 unspecified atom stereocenters. The normalized spacial score (nSPS) is 17.4. The summed E-state index contributed by atoms with van der Waals surface area (Å²) in [5.41, 5.74) is 6.66. The van der Waals surface area contributed by atoms with Gasteiger partial charge in [-0.3, -0.25) is 4.79 Å². The fourth-order valence-corrected chi connectivity index (χ4v) is 2.85. The molecule has 0 heterocycles. The van der Waals surface area contributed by atoms with E-state index in [1.54, 1.807) is 0 Å². The molecule has 0 bridgehead atoms. The van der Waals surface area contributed by atoms with Gasteiger partial charge in [0.2, 0.25) is 5.91 Å². The van der Waals surface area contributed by atoms with Crippen molar-refractivity contribution in [2.75, 3.05) is 5.32 Å². The quantitative estimate of drug-likeness (QED) is 0.341. The van der Waals surface area contributed by atoms with Crippen LogP contribution < -0.4 is 11.1 Å². The molecule has 0 aliphatic heterocycles. The number of carbonyl (C=O) groups is 1. The monoisotopic (exact) mass is 339 g/mol. The largest absolute Gasteiger partial charge is 0.409 e. The van der Waals surface area contributed by atoms with E-state index in [9.17, 15) is 4.79 Å². The van der Waals surface area contributed by atoms with Crippen LogP contribution in [0.2, 0.25) is 0 Å². The number of oxime groups is 1. The zero-order valence-corrected chi connectivity index (χ0v) is 12.9. The number of amides is 1. The maximum absolute atomic E-state index is 12.5. The van der Waals surface area contributed by atoms with Gasteiger partial charge in [-0.05, 0) is 43.0 Å². The minimum absolute atomic E-state index is 0.00332. The van der Waals surface area contributed by atoms with Crippen molar-refractivity contribution in [1.29, 1.82) is 0 Å². The molecule has 1 amide bonds. The Morgan fingerprint density at radius 2 is 2.25 bits per heavy atom. The van der Waals surface area contributed by atoms with E-state index in [2.05, 4.69) is 26.4 Å². The van der Waals surface area contributed by atoms with Gasteiger partial charge >= 0.3 is 0 Å². The van der Waals surface area contributed by atoms with Crippen LogP contribution in [0.1, 0.15) is 31.7 Å². The highest BCUT2D eigenvalue weighted by Crippen LogP contribution is 2.42. The summed E-state index contributed by atoms with van der Waals surface area (Å²) in [5.74, 6) is -0.201. The second kappa shape index (κ2) is 5.83. The third kappa shape index (κ3) is 2.52. The Kier molecular flexibility index (Phi) is 4.32. The molecule has 1 aliphatic rings. The SMILES string of the molecule is CCc1cc(Br)ccc1NC(=O)C1(/C(N)=N/O)CCC1. The first kappa shape index (κ1) is 14.8. The van der Waals surface area contributed by atoms with Crippen LogP contribution in [0.25, 0.3) is 0 Å². The Hall–Kier alpha value is -1.56. The van der Waals surface area contributed by atoms with Crippen molar-refractivity contribution in [3.05, 3.63) is 28.2 Å². The maximum atomic E-state index is 12.5. The van der Waals surface area contributed by atoms with Crippen molar-refractivity contribution < 1.29 is 10.0 Å². The summed E-state index contributed by atoms with van der Waals surface area (Å²) in [6.45, 7) is 2.03. The van der Waals surface area contributed by atoms with Crippen LogP contribution in [-0.2, 0) is 11.2 Å². The minimum Gasteiger partial charge on any atom is -0.409 e. The topological polar surface area (TPSA) is 87.7 Å². The van der Waals surface area contributed by atoms with Gasteiger partial charge in [0.1, 0.15) is 5.41 Å². The number of hydrogen-bond donors (Lipinski definition) is 3. The van der Waals surface area contributed by atoms with Crippen LogP contribution in [0.4, 0.5) is 5.69 Å². The maximum Gasteiger partial charge on any atom is 0.238 e. The third-order valence-corrected chi connectivity index (χ3v) is 4.43. The van der Waals surface area contributed by atoms with Crippen molar-refractivity contribution in [1.82, 2.24) is 0 Å². The summed E-state index contributed by atoms with van der Waals surface area (Å²) in [6, 6.07) is 5.72. The molecule has 2 rings (SSSR count). The van der Waals surface area contributed by atoms with Gasteiger partial charge in [0.05, 0.1) is 0 Å². The summed E-state index contributed by atoms with van der Waals surface area (Å²) >= 11 is 3.42. The van der Waals surface area contributed by atoms with E-state index in [0.29, 0.717) is 12.8 Å². The highest BCUT2D eigenvalue weighted by molar-refractivity contribution is 9.10. The van der Waals surface area contributed by atoms with E-state index in [0.717, 1.165) is 28.6 Å². The van der Waals surface area contributed by atoms with Gasteiger partial charge in [0, 0.05) is 10.2 Å². The summed E-state index contributed by atoms with van der Waals surface area (Å²) in [7, 11) is 0. The molecule has 4 N–H and O–H groups in total. The Morgan fingerprint density at radius 3 is 2.75 bits per heavy atom. The van der Waals surface area contributed by atoms with E-state index in [-0.39, 0.29) is 11.7 Å². The molecular formula is C14H18BrN3O2. The summed E-state index contributed by atoms with van der Waals surface area (Å²) < 4.78 is 0.974. The van der Waals surface area contributed by atoms with Crippen LogP contribution in [0, 0.1) is 5.41 Å². The van der Waals surface area contributed by atoms with Gasteiger partial charge in [-0.2, -0.15) is 0 Å². The Bertz CT molecular complexity index is 553. The van der Waals surface area contributed by atoms with Crippen molar-refractivity contribution >= 4 is 33.4 Å². The molecule has 0 spiro atoms. The average Bonchev–Trinajstić information content (AvgIpc) is 2.39. The fourth-order valence-electron chi connectivity index (χ4n) is 2.44. The molecule has 1 aliphatic carbocycles. The lowest BCUT2D eigenvalue weighted by Crippen LogP contribution is -2.51. The predicted molar refractivity (Wildman–Crippen MR) is 81.8 cm³/mol. The minimum atomic E-state index is -0.854. The molecule has 0 atom stereocenters. The first-order valence-corrected chi connectivity index (χ1v) is 7.40. The van der Waals surface area contributed by atoms with E-state index in [4.69, 9.17) is 10.9 Å². The molecule has 0 aromatic heterocycles. The Labute approximate surface area is 126 Å². The van der Waals surface area contributed by atoms with Gasteiger partial charge < -0.3 is 16.3 Å². The van der Waals surface area contributed by atoms with Crippen LogP contribution in [0.5, 0.6) is 0 Å². The summed E-state index contributed by atoms with van der Waals surface area (Å²) in [6.07, 6.45) is 2.95. The second-order valence-electron chi connectivity index (χ2n) is 5.03. The molecular weight excluding hydrogens is 322 g/mol. The molecule has 1 aromatic rings. The Morgan fingerprint density at radius 1 is 1.55 bits per heavy atom. The number of nitrogens with two attached hydrogens (primary N) is 1. The Balaban J connectivity index is 2.24. The van der Waals surface area contributed by atoms with E-state index < -0.39 is 5.41 Å². The number of nitrogens with zero attached hydrogens (tertiary/aromatic N) is 1. The van der Waals surface area contributed by atoms with Crippen molar-refractivity contribution in [3.8, 4) is 0 Å². The van der Waals surface area contributed by atoms with Crippen molar-refractivity contribution in [3.63, 3.8) is 0 Å². The van der Waals surface area contributed by atoms with E-state index in [1.807, 2.05) is 25.1 Å². The lowest BCUT2D eigenvalue weighted by molar-refractivity contribution is -0.125. The van der Waals surface area contributed by atoms with Gasteiger partial charge in [-0.25, -0.2) is 0 Å². The number of amidine groups is 1. The lowest BCUT2D eigenvalue weighted by atomic mass is 9.67. The average molecular weight is 340 g/mol. The number of benzene rings is 1. The van der Waals surface area contributed by atoms with E-state index >= 15 is 0 Å². The molecule has 5 nitrogen and oxygen atoms in total. The van der Waals surface area contributed by atoms with Gasteiger partial charge in [0.15, 0.2) is 5.84 Å². The van der Waals surface area contributed by atoms with Crippen LogP contribution in [0.3, 0.4) is 0 Å². The number of nitrogens with one attached hydrogen (secondary N) is 1. The highest BCUT2D eigenvalue weighted by Gasteiger charge is 2.48. The first-order chi connectivity index (χ1) is 9.53. The zero-order chi connectivity index (χ0) is 14.8. The second-order valence-corrected chi connectivity index (χ2v) is 5.95. The van der Waals surface area contributed by atoms with Gasteiger partial charge in [0.25, 0.3) is 0 Å². The molecule has 1 saturated carbocycles. The molecule has 6 heteroatoms. The third-order valence-electron chi connectivity index (χ3n) is 3.94. The molecule has 0 radical (unpaired) electrons. The van der Waals surface area contributed by atoms with E-state index in [1.165, 1.54) is 0 Å².